The predicted molar refractivity (Wildman–Crippen MR) is 148 cm³/mol. The number of amides is 1. The highest BCUT2D eigenvalue weighted by atomic mass is 35.5. The Morgan fingerprint density at radius 1 is 1.00 bits per heavy atom. The number of hydrogen-bond donors (Lipinski definition) is 1. The fraction of sp³-hybridized carbons (Fsp3) is 0.259. The summed E-state index contributed by atoms with van der Waals surface area (Å²) in [5, 5.41) is 4.43. The zero-order chi connectivity index (χ0) is 27.5. The molecule has 0 aliphatic carbocycles. The molecule has 0 aromatic heterocycles. The highest BCUT2D eigenvalue weighted by Crippen LogP contribution is 2.28. The monoisotopic (exact) mass is 559 g/mol. The zero-order valence-corrected chi connectivity index (χ0v) is 23.0. The molecule has 0 fully saturated rings. The lowest BCUT2D eigenvalue weighted by Gasteiger charge is -2.23. The number of halogens is 1. The molecule has 11 heteroatoms. The molecule has 1 N–H and O–H groups in total. The molecule has 0 saturated heterocycles. The van der Waals surface area contributed by atoms with E-state index in [1.807, 2.05) is 13.8 Å². The number of methoxy groups -OCH3 is 1. The van der Waals surface area contributed by atoms with Gasteiger partial charge in [0, 0.05) is 5.02 Å². The van der Waals surface area contributed by atoms with Crippen molar-refractivity contribution in [3.05, 3.63) is 77.3 Å². The van der Waals surface area contributed by atoms with Crippen molar-refractivity contribution in [1.29, 1.82) is 0 Å². The Labute approximate surface area is 228 Å². The molecule has 0 heterocycles. The van der Waals surface area contributed by atoms with Crippen LogP contribution in [0.5, 0.6) is 17.2 Å². The van der Waals surface area contributed by atoms with Crippen molar-refractivity contribution in [3.63, 3.8) is 0 Å². The smallest absolute Gasteiger partial charge is 0.264 e. The van der Waals surface area contributed by atoms with Gasteiger partial charge in [-0.05, 0) is 85.6 Å². The van der Waals surface area contributed by atoms with Gasteiger partial charge in [0.05, 0.1) is 37.1 Å². The van der Waals surface area contributed by atoms with Crippen LogP contribution in [0.2, 0.25) is 5.02 Å². The fourth-order valence-corrected chi connectivity index (χ4v) is 4.89. The maximum Gasteiger partial charge on any atom is 0.264 e. The second-order valence-corrected chi connectivity index (χ2v) is 10.2. The molecule has 0 atom stereocenters. The molecule has 38 heavy (non-hydrogen) atoms. The molecule has 0 bridgehead atoms. The average molecular weight is 560 g/mol. The van der Waals surface area contributed by atoms with Crippen molar-refractivity contribution in [3.8, 4) is 17.2 Å². The molecule has 1 amide bonds. The molecule has 0 unspecified atom stereocenters. The number of benzene rings is 3. The van der Waals surface area contributed by atoms with Crippen LogP contribution in [0.25, 0.3) is 0 Å². The van der Waals surface area contributed by atoms with Crippen LogP contribution in [-0.2, 0) is 14.8 Å². The van der Waals surface area contributed by atoms with Gasteiger partial charge in [0.15, 0.2) is 11.5 Å². The first kappa shape index (κ1) is 28.8. The van der Waals surface area contributed by atoms with Crippen LogP contribution in [0.1, 0.15) is 25.8 Å². The molecule has 0 saturated carbocycles. The highest BCUT2D eigenvalue weighted by molar-refractivity contribution is 7.92. The summed E-state index contributed by atoms with van der Waals surface area (Å²) in [7, 11) is -2.61. The third kappa shape index (κ3) is 7.62. The number of hydrogen-bond acceptors (Lipinski definition) is 7. The van der Waals surface area contributed by atoms with Crippen LogP contribution in [0, 0.1) is 0 Å². The van der Waals surface area contributed by atoms with E-state index >= 15 is 0 Å². The number of nitrogens with zero attached hydrogens (tertiary/aromatic N) is 2. The summed E-state index contributed by atoms with van der Waals surface area (Å²) >= 11 is 5.98. The third-order valence-corrected chi connectivity index (χ3v) is 7.22. The normalized spacial score (nSPS) is 11.3. The second kappa shape index (κ2) is 13.7. The van der Waals surface area contributed by atoms with E-state index in [4.69, 9.17) is 25.8 Å². The van der Waals surface area contributed by atoms with E-state index in [2.05, 4.69) is 10.5 Å². The Morgan fingerprint density at radius 2 is 1.71 bits per heavy atom. The van der Waals surface area contributed by atoms with E-state index in [9.17, 15) is 13.2 Å². The average Bonchev–Trinajstić information content (AvgIpc) is 2.92. The van der Waals surface area contributed by atoms with Crippen LogP contribution in [0.3, 0.4) is 0 Å². The largest absolute Gasteiger partial charge is 0.497 e. The van der Waals surface area contributed by atoms with Crippen LogP contribution in [0.15, 0.2) is 76.7 Å². The minimum absolute atomic E-state index is 0.00149. The predicted octanol–water partition coefficient (Wildman–Crippen LogP) is 4.88. The lowest BCUT2D eigenvalue weighted by Crippen LogP contribution is -2.39. The Kier molecular flexibility index (Phi) is 10.4. The molecule has 9 nitrogen and oxygen atoms in total. The van der Waals surface area contributed by atoms with E-state index in [1.165, 1.54) is 49.7 Å². The molecule has 0 radical (unpaired) electrons. The maximum atomic E-state index is 13.5. The Bertz CT molecular complexity index is 1350. The standard InChI is InChI=1S/C27H30ClN3O6S/c1-4-16-37-25-15-6-20(17-26(25)36-5-2)18-29-30-27(32)19-31(22-9-7-21(28)8-10-22)38(33,34)24-13-11-23(35-3)12-14-24/h6-15,17-18H,4-5,16,19H2,1-3H3,(H,30,32)/b29-18+. The van der Waals surface area contributed by atoms with Crippen molar-refractivity contribution < 1.29 is 27.4 Å². The zero-order valence-electron chi connectivity index (χ0n) is 21.4. The molecular formula is C27H30ClN3O6S. The molecule has 0 aliphatic heterocycles. The van der Waals surface area contributed by atoms with Gasteiger partial charge in [0.25, 0.3) is 15.9 Å². The van der Waals surface area contributed by atoms with Gasteiger partial charge in [-0.15, -0.1) is 0 Å². The lowest BCUT2D eigenvalue weighted by molar-refractivity contribution is -0.119. The van der Waals surface area contributed by atoms with E-state index in [1.54, 1.807) is 30.3 Å². The number of carbonyl (C=O) groups is 1. The lowest BCUT2D eigenvalue weighted by atomic mass is 10.2. The van der Waals surface area contributed by atoms with Crippen LogP contribution < -0.4 is 23.9 Å². The SMILES string of the molecule is CCCOc1ccc(/C=N/NC(=O)CN(c2ccc(Cl)cc2)S(=O)(=O)c2ccc(OC)cc2)cc1OCC. The van der Waals surface area contributed by atoms with Crippen LogP contribution in [-0.4, -0.2) is 47.4 Å². The van der Waals surface area contributed by atoms with Crippen molar-refractivity contribution in [2.75, 3.05) is 31.2 Å². The van der Waals surface area contributed by atoms with E-state index in [0.717, 1.165) is 10.7 Å². The number of sulfonamides is 1. The van der Waals surface area contributed by atoms with Gasteiger partial charge >= 0.3 is 0 Å². The molecule has 3 aromatic rings. The van der Waals surface area contributed by atoms with Gasteiger partial charge in [-0.2, -0.15) is 5.10 Å². The summed E-state index contributed by atoms with van der Waals surface area (Å²) in [6.07, 6.45) is 2.30. The number of anilines is 1. The third-order valence-electron chi connectivity index (χ3n) is 5.18. The summed E-state index contributed by atoms with van der Waals surface area (Å²) < 4.78 is 44.4. The number of ether oxygens (including phenoxy) is 3. The Morgan fingerprint density at radius 3 is 2.34 bits per heavy atom. The van der Waals surface area contributed by atoms with Gasteiger partial charge in [-0.1, -0.05) is 18.5 Å². The number of carbonyl (C=O) groups excluding carboxylic acids is 1. The Hall–Kier alpha value is -3.76. The summed E-state index contributed by atoms with van der Waals surface area (Å²) in [4.78, 5) is 12.8. The summed E-state index contributed by atoms with van der Waals surface area (Å²) in [6.45, 7) is 4.40. The maximum absolute atomic E-state index is 13.5. The molecule has 202 valence electrons. The van der Waals surface area contributed by atoms with Gasteiger partial charge in [-0.3, -0.25) is 9.10 Å². The minimum atomic E-state index is -4.10. The van der Waals surface area contributed by atoms with Crippen molar-refractivity contribution in [2.24, 2.45) is 5.10 Å². The van der Waals surface area contributed by atoms with Crippen LogP contribution in [0.4, 0.5) is 5.69 Å². The quantitative estimate of drug-likeness (QED) is 0.236. The van der Waals surface area contributed by atoms with Crippen LogP contribution >= 0.6 is 11.6 Å². The van der Waals surface area contributed by atoms with Gasteiger partial charge < -0.3 is 14.2 Å². The fourth-order valence-electron chi connectivity index (χ4n) is 3.35. The summed E-state index contributed by atoms with van der Waals surface area (Å²) in [5.74, 6) is 1.06. The molecule has 0 spiro atoms. The number of hydrazone groups is 1. The Balaban J connectivity index is 1.78. The van der Waals surface area contributed by atoms with Gasteiger partial charge in [0.2, 0.25) is 0 Å². The number of rotatable bonds is 13. The van der Waals surface area contributed by atoms with Gasteiger partial charge in [0.1, 0.15) is 12.3 Å². The van der Waals surface area contributed by atoms with Crippen molar-refractivity contribution >= 4 is 39.4 Å². The first-order valence-electron chi connectivity index (χ1n) is 11.9. The molecule has 3 rings (SSSR count). The summed E-state index contributed by atoms with van der Waals surface area (Å²) in [5.41, 5.74) is 3.33. The molecular weight excluding hydrogens is 530 g/mol. The number of nitrogens with one attached hydrogen (secondary N) is 1. The summed E-state index contributed by atoms with van der Waals surface area (Å²) in [6, 6.07) is 17.3. The first-order chi connectivity index (χ1) is 18.3. The molecule has 0 aliphatic rings. The van der Waals surface area contributed by atoms with Gasteiger partial charge in [-0.25, -0.2) is 13.8 Å². The van der Waals surface area contributed by atoms with E-state index in [-0.39, 0.29) is 10.6 Å². The first-order valence-corrected chi connectivity index (χ1v) is 13.7. The molecule has 3 aromatic carbocycles. The van der Waals surface area contributed by atoms with E-state index < -0.39 is 22.5 Å². The second-order valence-electron chi connectivity index (χ2n) is 7.94. The topological polar surface area (TPSA) is 107 Å². The highest BCUT2D eigenvalue weighted by Gasteiger charge is 2.27. The van der Waals surface area contributed by atoms with Crippen molar-refractivity contribution in [2.45, 2.75) is 25.2 Å². The van der Waals surface area contributed by atoms with Crippen molar-refractivity contribution in [1.82, 2.24) is 5.43 Å². The minimum Gasteiger partial charge on any atom is -0.497 e. The van der Waals surface area contributed by atoms with E-state index in [0.29, 0.717) is 41.0 Å².